The number of Topliss-reactive ketones (excluding diaryl/α,β-unsaturated/α-hetero) is 1. The summed E-state index contributed by atoms with van der Waals surface area (Å²) in [6.45, 7) is 1.90. The largest absolute Gasteiger partial charge is 0.300 e. The molecule has 0 unspecified atom stereocenters. The number of amides is 2. The number of fused-ring (bicyclic) bond motifs is 3. The Morgan fingerprint density at radius 3 is 2.44 bits per heavy atom. The summed E-state index contributed by atoms with van der Waals surface area (Å²) in [6.07, 6.45) is 1.71. The molecule has 2 amide bonds. The van der Waals surface area contributed by atoms with Gasteiger partial charge in [-0.15, -0.1) is 11.3 Å². The number of aromatic nitrogens is 1. The van der Waals surface area contributed by atoms with Crippen molar-refractivity contribution in [2.24, 2.45) is 5.92 Å². The number of aryl methyl sites for hydroxylation is 1. The molecule has 1 aromatic carbocycles. The van der Waals surface area contributed by atoms with Crippen molar-refractivity contribution in [2.75, 3.05) is 4.90 Å². The van der Waals surface area contributed by atoms with Crippen LogP contribution in [-0.4, -0.2) is 22.0 Å². The number of hydrogen-bond donors (Lipinski definition) is 0. The average molecular weight is 350 g/mol. The zero-order chi connectivity index (χ0) is 17.3. The number of hydrogen-bond acceptors (Lipinski definition) is 4. The Balaban J connectivity index is 1.78. The standard InChI is InChI=1S/C19H14N2O3S/c1-10-9-25-19-14-13(15(20(10)19)16(22)11-7-8-11)17(23)21(18(14)24)12-5-3-2-4-6-12/h2-6,9,11H,7-8H2,1H3. The molecule has 2 aromatic heterocycles. The Labute approximate surface area is 147 Å². The van der Waals surface area contributed by atoms with E-state index in [4.69, 9.17) is 0 Å². The molecule has 1 fully saturated rings. The van der Waals surface area contributed by atoms with E-state index in [2.05, 4.69) is 0 Å². The predicted octanol–water partition coefficient (Wildman–Crippen LogP) is 3.70. The van der Waals surface area contributed by atoms with Crippen molar-refractivity contribution in [3.8, 4) is 0 Å². The van der Waals surface area contributed by atoms with Crippen LogP contribution in [-0.2, 0) is 0 Å². The molecule has 1 saturated carbocycles. The SMILES string of the molecule is Cc1csc2c3c(c(C(=O)C4CC4)n12)C(=O)N(c1ccccc1)C3=O. The van der Waals surface area contributed by atoms with Crippen LogP contribution < -0.4 is 4.90 Å². The Morgan fingerprint density at radius 1 is 1.08 bits per heavy atom. The zero-order valence-corrected chi connectivity index (χ0v) is 14.3. The van der Waals surface area contributed by atoms with Crippen LogP contribution in [0, 0.1) is 12.8 Å². The first kappa shape index (κ1) is 14.6. The number of nitrogens with zero attached hydrogens (tertiary/aromatic N) is 2. The fourth-order valence-electron chi connectivity index (χ4n) is 3.50. The summed E-state index contributed by atoms with van der Waals surface area (Å²) in [5.74, 6) is -0.783. The maximum atomic E-state index is 13.1. The number of carbonyl (C=O) groups is 3. The normalized spacial score (nSPS) is 16.8. The van der Waals surface area contributed by atoms with E-state index >= 15 is 0 Å². The fraction of sp³-hybridized carbons (Fsp3) is 0.211. The molecular weight excluding hydrogens is 336 g/mol. The van der Waals surface area contributed by atoms with E-state index in [0.717, 1.165) is 18.5 Å². The third kappa shape index (κ3) is 1.85. The lowest BCUT2D eigenvalue weighted by Crippen LogP contribution is -2.30. The van der Waals surface area contributed by atoms with E-state index < -0.39 is 5.91 Å². The Morgan fingerprint density at radius 2 is 1.76 bits per heavy atom. The van der Waals surface area contributed by atoms with Gasteiger partial charge < -0.3 is 4.40 Å². The molecule has 0 radical (unpaired) electrons. The molecule has 0 bridgehead atoms. The highest BCUT2D eigenvalue weighted by Crippen LogP contribution is 2.41. The highest BCUT2D eigenvalue weighted by molar-refractivity contribution is 7.16. The van der Waals surface area contributed by atoms with Crippen LogP contribution in [0.15, 0.2) is 35.7 Å². The minimum atomic E-state index is -0.398. The van der Waals surface area contributed by atoms with Crippen LogP contribution in [0.3, 0.4) is 0 Å². The summed E-state index contributed by atoms with van der Waals surface area (Å²) < 4.78 is 1.80. The lowest BCUT2D eigenvalue weighted by Gasteiger charge is -2.14. The quantitative estimate of drug-likeness (QED) is 0.534. The average Bonchev–Trinajstić information content (AvgIpc) is 3.25. The Kier molecular flexibility index (Phi) is 2.86. The van der Waals surface area contributed by atoms with Gasteiger partial charge in [-0.05, 0) is 31.9 Å². The molecule has 0 N–H and O–H groups in total. The topological polar surface area (TPSA) is 58.9 Å². The lowest BCUT2D eigenvalue weighted by molar-refractivity contribution is 0.0911. The van der Waals surface area contributed by atoms with Crippen LogP contribution >= 0.6 is 11.3 Å². The number of anilines is 1. The number of benzene rings is 1. The Hall–Kier alpha value is -2.73. The summed E-state index contributed by atoms with van der Waals surface area (Å²) in [6, 6.07) is 8.87. The van der Waals surface area contributed by atoms with Crippen LogP contribution in [0.25, 0.3) is 4.83 Å². The lowest BCUT2D eigenvalue weighted by atomic mass is 10.1. The molecule has 0 saturated heterocycles. The summed E-state index contributed by atoms with van der Waals surface area (Å²) in [5, 5.41) is 1.92. The third-order valence-electron chi connectivity index (χ3n) is 4.85. The van der Waals surface area contributed by atoms with Gasteiger partial charge in [-0.3, -0.25) is 14.4 Å². The highest BCUT2D eigenvalue weighted by atomic mass is 32.1. The molecule has 124 valence electrons. The fourth-order valence-corrected chi connectivity index (χ4v) is 4.53. The summed E-state index contributed by atoms with van der Waals surface area (Å²) in [4.78, 5) is 40.9. The van der Waals surface area contributed by atoms with Crippen LogP contribution in [0.1, 0.15) is 49.7 Å². The molecule has 25 heavy (non-hydrogen) atoms. The maximum Gasteiger partial charge on any atom is 0.269 e. The van der Waals surface area contributed by atoms with Gasteiger partial charge >= 0.3 is 0 Å². The van der Waals surface area contributed by atoms with Gasteiger partial charge in [-0.1, -0.05) is 18.2 Å². The van der Waals surface area contributed by atoms with Gasteiger partial charge in [-0.25, -0.2) is 4.90 Å². The second-order valence-corrected chi connectivity index (χ2v) is 7.39. The molecule has 3 heterocycles. The van der Waals surface area contributed by atoms with E-state index in [1.54, 1.807) is 28.7 Å². The summed E-state index contributed by atoms with van der Waals surface area (Å²) in [7, 11) is 0. The Bertz CT molecular complexity index is 1070. The van der Waals surface area contributed by atoms with Crippen molar-refractivity contribution in [1.82, 2.24) is 4.40 Å². The van der Waals surface area contributed by atoms with Crippen LogP contribution in [0.5, 0.6) is 0 Å². The van der Waals surface area contributed by atoms with Gasteiger partial charge in [0.15, 0.2) is 5.78 Å². The molecule has 6 heteroatoms. The molecule has 5 nitrogen and oxygen atoms in total. The number of ketones is 1. The van der Waals surface area contributed by atoms with Gasteiger partial charge in [0.2, 0.25) is 0 Å². The molecule has 0 atom stereocenters. The minimum Gasteiger partial charge on any atom is -0.300 e. The van der Waals surface area contributed by atoms with Gasteiger partial charge in [0, 0.05) is 17.0 Å². The van der Waals surface area contributed by atoms with Crippen molar-refractivity contribution < 1.29 is 14.4 Å². The molecule has 3 aromatic rings. The van der Waals surface area contributed by atoms with Crippen molar-refractivity contribution in [3.05, 3.63) is 58.2 Å². The summed E-state index contributed by atoms with van der Waals surface area (Å²) in [5.41, 5.74) is 2.45. The monoisotopic (exact) mass is 350 g/mol. The molecule has 2 aliphatic rings. The van der Waals surface area contributed by atoms with Crippen molar-refractivity contribution >= 4 is 39.5 Å². The van der Waals surface area contributed by atoms with Crippen molar-refractivity contribution in [2.45, 2.75) is 19.8 Å². The number of carbonyl (C=O) groups excluding carboxylic acids is 3. The smallest absolute Gasteiger partial charge is 0.269 e. The van der Waals surface area contributed by atoms with Crippen LogP contribution in [0.4, 0.5) is 5.69 Å². The molecule has 1 aliphatic carbocycles. The van der Waals surface area contributed by atoms with E-state index in [0.29, 0.717) is 21.8 Å². The first-order valence-electron chi connectivity index (χ1n) is 8.20. The van der Waals surface area contributed by atoms with E-state index in [-0.39, 0.29) is 23.2 Å². The van der Waals surface area contributed by atoms with Gasteiger partial charge in [0.05, 0.1) is 16.8 Å². The van der Waals surface area contributed by atoms with Gasteiger partial charge in [0.1, 0.15) is 10.5 Å². The van der Waals surface area contributed by atoms with E-state index in [9.17, 15) is 14.4 Å². The molecule has 0 spiro atoms. The number of para-hydroxylation sites is 1. The van der Waals surface area contributed by atoms with E-state index in [1.165, 1.54) is 16.2 Å². The number of thiazole rings is 1. The first-order chi connectivity index (χ1) is 12.1. The molecule has 1 aliphatic heterocycles. The van der Waals surface area contributed by atoms with Gasteiger partial charge in [-0.2, -0.15) is 0 Å². The number of rotatable bonds is 3. The second-order valence-electron chi connectivity index (χ2n) is 6.54. The van der Waals surface area contributed by atoms with Gasteiger partial charge in [0.25, 0.3) is 11.8 Å². The first-order valence-corrected chi connectivity index (χ1v) is 9.08. The van der Waals surface area contributed by atoms with Crippen LogP contribution in [0.2, 0.25) is 0 Å². The van der Waals surface area contributed by atoms with E-state index in [1.807, 2.05) is 18.4 Å². The zero-order valence-electron chi connectivity index (χ0n) is 13.5. The highest BCUT2D eigenvalue weighted by Gasteiger charge is 2.46. The second kappa shape index (κ2) is 4.89. The summed E-state index contributed by atoms with van der Waals surface area (Å²) >= 11 is 1.40. The number of imide groups is 1. The van der Waals surface area contributed by atoms with Crippen molar-refractivity contribution in [3.63, 3.8) is 0 Å². The minimum absolute atomic E-state index is 0.0184. The predicted molar refractivity (Wildman–Crippen MR) is 94.6 cm³/mol. The molecular formula is C19H14N2O3S. The third-order valence-corrected chi connectivity index (χ3v) is 5.92. The molecule has 5 rings (SSSR count). The maximum absolute atomic E-state index is 13.1. The van der Waals surface area contributed by atoms with Crippen molar-refractivity contribution in [1.29, 1.82) is 0 Å².